The van der Waals surface area contributed by atoms with Crippen molar-refractivity contribution in [2.45, 2.75) is 26.3 Å². The van der Waals surface area contributed by atoms with Crippen molar-refractivity contribution in [1.29, 1.82) is 0 Å². The summed E-state index contributed by atoms with van der Waals surface area (Å²) in [5, 5.41) is 18.7. The van der Waals surface area contributed by atoms with Gasteiger partial charge >= 0.3 is 12.0 Å². The van der Waals surface area contributed by atoms with Gasteiger partial charge < -0.3 is 20.5 Å². The first-order valence-electron chi connectivity index (χ1n) is 7.25. The average molecular weight is 312 g/mol. The lowest BCUT2D eigenvalue weighted by atomic mass is 10.1. The second kappa shape index (κ2) is 9.04. The molecule has 0 radical (unpaired) electrons. The normalized spacial score (nSPS) is 13.3. The number of aliphatic hydroxyl groups is 1. The van der Waals surface area contributed by atoms with Crippen molar-refractivity contribution < 1.29 is 19.4 Å². The third-order valence-corrected chi connectivity index (χ3v) is 3.05. The van der Waals surface area contributed by atoms with Crippen LogP contribution in [0.3, 0.4) is 0 Å². The quantitative estimate of drug-likeness (QED) is 0.600. The first kappa shape index (κ1) is 18.0. The number of esters is 1. The highest BCUT2D eigenvalue weighted by molar-refractivity contribution is 5.74. The number of hydrogen-bond acceptors (Lipinski definition) is 5. The topological polar surface area (TPSA) is 105 Å². The summed E-state index contributed by atoms with van der Waals surface area (Å²) >= 11 is 0. The predicted octanol–water partition coefficient (Wildman–Crippen LogP) is 0.342. The molecule has 0 aliphatic carbocycles. The maximum absolute atomic E-state index is 11.8. The Morgan fingerprint density at radius 2 is 2.23 bits per heavy atom. The molecule has 1 heterocycles. The van der Waals surface area contributed by atoms with Gasteiger partial charge in [-0.25, -0.2) is 4.79 Å². The molecule has 0 bridgehead atoms. The molecular weight excluding hydrogens is 288 g/mol. The largest absolute Gasteiger partial charge is 0.466 e. The Labute approximate surface area is 129 Å². The van der Waals surface area contributed by atoms with Crippen LogP contribution in [0.1, 0.15) is 31.9 Å². The number of urea groups is 1. The number of aromatic nitrogens is 2. The van der Waals surface area contributed by atoms with Crippen LogP contribution < -0.4 is 10.6 Å². The summed E-state index contributed by atoms with van der Waals surface area (Å²) in [4.78, 5) is 23.1. The molecule has 0 aliphatic rings. The highest BCUT2D eigenvalue weighted by Crippen LogP contribution is 2.10. The number of amides is 2. The van der Waals surface area contributed by atoms with E-state index in [1.807, 2.05) is 6.92 Å². The maximum atomic E-state index is 11.8. The van der Waals surface area contributed by atoms with Crippen molar-refractivity contribution in [2.24, 2.45) is 13.0 Å². The average Bonchev–Trinajstić information content (AvgIpc) is 2.89. The van der Waals surface area contributed by atoms with Crippen molar-refractivity contribution in [3.8, 4) is 0 Å². The molecule has 2 atom stereocenters. The van der Waals surface area contributed by atoms with Gasteiger partial charge in [0.2, 0.25) is 0 Å². The van der Waals surface area contributed by atoms with Crippen molar-refractivity contribution in [3.05, 3.63) is 18.0 Å². The van der Waals surface area contributed by atoms with Crippen LogP contribution in [0.5, 0.6) is 0 Å². The monoisotopic (exact) mass is 312 g/mol. The van der Waals surface area contributed by atoms with E-state index in [9.17, 15) is 14.7 Å². The minimum atomic E-state index is -0.519. The molecule has 1 aromatic heterocycles. The van der Waals surface area contributed by atoms with Gasteiger partial charge in [0.15, 0.2) is 0 Å². The van der Waals surface area contributed by atoms with Gasteiger partial charge in [0.25, 0.3) is 0 Å². The molecule has 124 valence electrons. The fourth-order valence-electron chi connectivity index (χ4n) is 1.91. The zero-order chi connectivity index (χ0) is 16.5. The summed E-state index contributed by atoms with van der Waals surface area (Å²) in [7, 11) is 1.76. The molecule has 1 rings (SSSR count). The van der Waals surface area contributed by atoms with Gasteiger partial charge in [-0.1, -0.05) is 6.92 Å². The van der Waals surface area contributed by atoms with Crippen LogP contribution in [0.15, 0.2) is 12.4 Å². The molecule has 2 unspecified atom stereocenters. The molecule has 2 amide bonds. The molecule has 1 aromatic rings. The number of nitrogens with zero attached hydrogens (tertiary/aromatic N) is 2. The number of rotatable bonds is 8. The zero-order valence-electron chi connectivity index (χ0n) is 13.2. The first-order valence-corrected chi connectivity index (χ1v) is 7.25. The van der Waals surface area contributed by atoms with E-state index >= 15 is 0 Å². The number of ether oxygens (including phenoxy) is 1. The lowest BCUT2D eigenvalue weighted by Crippen LogP contribution is -2.41. The Bertz CT molecular complexity index is 489. The lowest BCUT2D eigenvalue weighted by Gasteiger charge is -2.17. The number of carbonyl (C=O) groups is 2. The van der Waals surface area contributed by atoms with Gasteiger partial charge in [0, 0.05) is 31.8 Å². The minimum Gasteiger partial charge on any atom is -0.466 e. The Morgan fingerprint density at radius 1 is 1.50 bits per heavy atom. The molecule has 0 spiro atoms. The van der Waals surface area contributed by atoms with Crippen molar-refractivity contribution in [2.75, 3.05) is 19.8 Å². The third-order valence-electron chi connectivity index (χ3n) is 3.05. The third kappa shape index (κ3) is 6.13. The van der Waals surface area contributed by atoms with Gasteiger partial charge in [0.1, 0.15) is 0 Å². The Morgan fingerprint density at radius 3 is 2.77 bits per heavy atom. The van der Waals surface area contributed by atoms with Crippen LogP contribution in [0.4, 0.5) is 4.79 Å². The molecule has 8 nitrogen and oxygen atoms in total. The van der Waals surface area contributed by atoms with Crippen molar-refractivity contribution in [3.63, 3.8) is 0 Å². The molecular formula is C14H24N4O4. The van der Waals surface area contributed by atoms with Gasteiger partial charge in [-0.3, -0.25) is 9.48 Å². The Balaban J connectivity index is 2.37. The summed E-state index contributed by atoms with van der Waals surface area (Å²) in [6.07, 6.45) is 3.56. The zero-order valence-corrected chi connectivity index (χ0v) is 13.2. The van der Waals surface area contributed by atoms with E-state index in [0.29, 0.717) is 13.2 Å². The SMILES string of the molecule is CCOC(=O)CC(C)CNC(=O)NC(CO)c1cnn(C)c1. The van der Waals surface area contributed by atoms with E-state index in [1.165, 1.54) is 0 Å². The molecule has 0 aliphatic heterocycles. The molecule has 0 saturated heterocycles. The first-order chi connectivity index (χ1) is 10.5. The molecule has 3 N–H and O–H groups in total. The minimum absolute atomic E-state index is 0.0317. The molecule has 0 aromatic carbocycles. The predicted molar refractivity (Wildman–Crippen MR) is 80.0 cm³/mol. The second-order valence-corrected chi connectivity index (χ2v) is 5.15. The standard InChI is InChI=1S/C14H24N4O4/c1-4-22-13(20)5-10(2)6-15-14(21)17-12(9-19)11-7-16-18(3)8-11/h7-8,10,12,19H,4-6,9H2,1-3H3,(H2,15,17,21). The van der Waals surface area contributed by atoms with Crippen LogP contribution in [0, 0.1) is 5.92 Å². The maximum Gasteiger partial charge on any atom is 0.315 e. The van der Waals surface area contributed by atoms with E-state index in [1.54, 1.807) is 31.0 Å². The van der Waals surface area contributed by atoms with Gasteiger partial charge in [0.05, 0.1) is 25.5 Å². The smallest absolute Gasteiger partial charge is 0.315 e. The van der Waals surface area contributed by atoms with E-state index < -0.39 is 12.1 Å². The molecule has 22 heavy (non-hydrogen) atoms. The Kier molecular flexibility index (Phi) is 7.38. The van der Waals surface area contributed by atoms with E-state index in [4.69, 9.17) is 4.74 Å². The molecule has 0 saturated carbocycles. The lowest BCUT2D eigenvalue weighted by molar-refractivity contribution is -0.144. The Hall–Kier alpha value is -2.09. The summed E-state index contributed by atoms with van der Waals surface area (Å²) in [6, 6.07) is -0.923. The summed E-state index contributed by atoms with van der Waals surface area (Å²) in [5.74, 6) is -0.309. The molecule has 0 fully saturated rings. The number of aliphatic hydroxyl groups excluding tert-OH is 1. The summed E-state index contributed by atoms with van der Waals surface area (Å²) in [6.45, 7) is 4.07. The van der Waals surface area contributed by atoms with Crippen LogP contribution in [0.25, 0.3) is 0 Å². The number of nitrogens with one attached hydrogen (secondary N) is 2. The fraction of sp³-hybridized carbons (Fsp3) is 0.643. The van der Waals surface area contributed by atoms with Crippen molar-refractivity contribution >= 4 is 12.0 Å². The van der Waals surface area contributed by atoms with E-state index in [2.05, 4.69) is 15.7 Å². The van der Waals surface area contributed by atoms with Crippen LogP contribution >= 0.6 is 0 Å². The van der Waals surface area contributed by atoms with Gasteiger partial charge in [-0.2, -0.15) is 5.10 Å². The second-order valence-electron chi connectivity index (χ2n) is 5.15. The van der Waals surface area contributed by atoms with E-state index in [-0.39, 0.29) is 24.9 Å². The number of hydrogen-bond donors (Lipinski definition) is 3. The van der Waals surface area contributed by atoms with Crippen LogP contribution in [-0.4, -0.2) is 46.6 Å². The summed E-state index contributed by atoms with van der Waals surface area (Å²) in [5.41, 5.74) is 0.722. The summed E-state index contributed by atoms with van der Waals surface area (Å²) < 4.78 is 6.45. The van der Waals surface area contributed by atoms with Crippen LogP contribution in [0.2, 0.25) is 0 Å². The fourth-order valence-corrected chi connectivity index (χ4v) is 1.91. The molecule has 8 heteroatoms. The highest BCUT2D eigenvalue weighted by Gasteiger charge is 2.16. The van der Waals surface area contributed by atoms with Crippen LogP contribution in [-0.2, 0) is 16.6 Å². The van der Waals surface area contributed by atoms with Gasteiger partial charge in [-0.15, -0.1) is 0 Å². The number of carbonyl (C=O) groups excluding carboxylic acids is 2. The highest BCUT2D eigenvalue weighted by atomic mass is 16.5. The van der Waals surface area contributed by atoms with E-state index in [0.717, 1.165) is 5.56 Å². The number of aryl methyl sites for hydroxylation is 1. The van der Waals surface area contributed by atoms with Gasteiger partial charge in [-0.05, 0) is 12.8 Å². The van der Waals surface area contributed by atoms with Crippen molar-refractivity contribution in [1.82, 2.24) is 20.4 Å².